The summed E-state index contributed by atoms with van der Waals surface area (Å²) in [5.41, 5.74) is 3.17. The number of aryl methyl sites for hydroxylation is 2. The fourth-order valence-corrected chi connectivity index (χ4v) is 3.87. The van der Waals surface area contributed by atoms with Crippen LogP contribution in [0, 0.1) is 6.92 Å². The maximum absolute atomic E-state index is 13.2. The van der Waals surface area contributed by atoms with Crippen LogP contribution in [0.15, 0.2) is 54.6 Å². The number of phenolic OH excluding ortho intramolecular Hbond substituents is 1. The van der Waals surface area contributed by atoms with Gasteiger partial charge in [-0.25, -0.2) is 0 Å². The Kier molecular flexibility index (Phi) is 4.28. The number of hydrogen-bond acceptors (Lipinski definition) is 2. The zero-order valence-electron chi connectivity index (χ0n) is 15.1. The first kappa shape index (κ1) is 17.4. The molecule has 4 rings (SSSR count). The summed E-state index contributed by atoms with van der Waals surface area (Å²) in [5, 5.41) is 16.2. The van der Waals surface area contributed by atoms with Crippen LogP contribution in [-0.2, 0) is 6.54 Å². The average Bonchev–Trinajstić information content (AvgIpc) is 2.94. The summed E-state index contributed by atoms with van der Waals surface area (Å²) in [4.78, 5) is 13.2. The van der Waals surface area contributed by atoms with Crippen LogP contribution in [0.2, 0.25) is 5.02 Å². The molecule has 1 aromatic heterocycles. The van der Waals surface area contributed by atoms with Crippen LogP contribution >= 0.6 is 11.6 Å². The molecule has 2 N–H and O–H groups in total. The molecule has 0 saturated carbocycles. The lowest BCUT2D eigenvalue weighted by molar-refractivity contribution is 0.101. The minimum Gasteiger partial charge on any atom is -0.507 e. The van der Waals surface area contributed by atoms with Crippen molar-refractivity contribution in [3.05, 3.63) is 70.9 Å². The Bertz CT molecular complexity index is 1190. The highest BCUT2D eigenvalue weighted by atomic mass is 35.5. The van der Waals surface area contributed by atoms with Crippen molar-refractivity contribution in [1.29, 1.82) is 0 Å². The van der Waals surface area contributed by atoms with E-state index in [1.807, 2.05) is 60.9 Å². The van der Waals surface area contributed by atoms with Gasteiger partial charge in [0.25, 0.3) is 5.91 Å². The van der Waals surface area contributed by atoms with Gasteiger partial charge < -0.3 is 15.0 Å². The molecular weight excluding hydrogens is 360 g/mol. The number of carbonyl (C=O) groups excluding carboxylic acids is 1. The Balaban J connectivity index is 1.83. The number of nitrogens with one attached hydrogen (secondary N) is 1. The molecule has 0 fully saturated rings. The summed E-state index contributed by atoms with van der Waals surface area (Å²) in [6.07, 6.45) is 0. The Morgan fingerprint density at radius 3 is 2.59 bits per heavy atom. The molecule has 136 valence electrons. The van der Waals surface area contributed by atoms with Crippen LogP contribution in [0.4, 0.5) is 5.69 Å². The summed E-state index contributed by atoms with van der Waals surface area (Å²) in [6.45, 7) is 4.62. The average molecular weight is 379 g/mol. The third-order valence-corrected chi connectivity index (χ3v) is 5.19. The van der Waals surface area contributed by atoms with Gasteiger partial charge in [0.15, 0.2) is 0 Å². The topological polar surface area (TPSA) is 54.3 Å². The van der Waals surface area contributed by atoms with Gasteiger partial charge in [-0.15, -0.1) is 0 Å². The fraction of sp³-hybridized carbons (Fsp3) is 0.136. The first-order valence-electron chi connectivity index (χ1n) is 8.81. The standard InChI is InChI=1S/C22H19ClN2O2/c1-3-25-19-11-10-14(23)12-17(19)13(2)21(25)22(27)24-18-8-4-7-16-15(18)6-5-9-20(16)26/h4-12,26H,3H2,1-2H3,(H,24,27). The number of halogens is 1. The molecule has 0 bridgehead atoms. The van der Waals surface area contributed by atoms with Gasteiger partial charge in [0, 0.05) is 38.9 Å². The molecule has 0 unspecified atom stereocenters. The number of aromatic hydroxyl groups is 1. The van der Waals surface area contributed by atoms with Crippen molar-refractivity contribution in [2.24, 2.45) is 0 Å². The highest BCUT2D eigenvalue weighted by Crippen LogP contribution is 2.32. The zero-order chi connectivity index (χ0) is 19.1. The van der Waals surface area contributed by atoms with Gasteiger partial charge in [0.1, 0.15) is 11.4 Å². The number of rotatable bonds is 3. The summed E-state index contributed by atoms with van der Waals surface area (Å²) in [5.74, 6) is 0.00890. The van der Waals surface area contributed by atoms with Crippen molar-refractivity contribution < 1.29 is 9.90 Å². The molecule has 0 atom stereocenters. The van der Waals surface area contributed by atoms with E-state index < -0.39 is 0 Å². The number of hydrogen-bond donors (Lipinski definition) is 2. The van der Waals surface area contributed by atoms with Crippen molar-refractivity contribution >= 4 is 44.9 Å². The minimum absolute atomic E-state index is 0.183. The van der Waals surface area contributed by atoms with Gasteiger partial charge in [0.2, 0.25) is 0 Å². The van der Waals surface area contributed by atoms with Crippen LogP contribution in [0.25, 0.3) is 21.7 Å². The lowest BCUT2D eigenvalue weighted by Gasteiger charge is -2.12. The lowest BCUT2D eigenvalue weighted by atomic mass is 10.1. The van der Waals surface area contributed by atoms with E-state index in [0.29, 0.717) is 28.3 Å². The lowest BCUT2D eigenvalue weighted by Crippen LogP contribution is -2.18. The highest BCUT2D eigenvalue weighted by molar-refractivity contribution is 6.31. The van der Waals surface area contributed by atoms with E-state index >= 15 is 0 Å². The van der Waals surface area contributed by atoms with Gasteiger partial charge in [-0.3, -0.25) is 4.79 Å². The predicted molar refractivity (Wildman–Crippen MR) is 111 cm³/mol. The van der Waals surface area contributed by atoms with Crippen LogP contribution in [-0.4, -0.2) is 15.6 Å². The Morgan fingerprint density at radius 1 is 1.07 bits per heavy atom. The number of nitrogens with zero attached hydrogens (tertiary/aromatic N) is 1. The molecule has 0 aliphatic heterocycles. The first-order valence-corrected chi connectivity index (χ1v) is 9.19. The zero-order valence-corrected chi connectivity index (χ0v) is 15.8. The van der Waals surface area contributed by atoms with Crippen LogP contribution in [0.5, 0.6) is 5.75 Å². The summed E-state index contributed by atoms with van der Waals surface area (Å²) < 4.78 is 2.00. The number of carbonyl (C=O) groups is 1. The van der Waals surface area contributed by atoms with E-state index in [1.54, 1.807) is 12.1 Å². The van der Waals surface area contributed by atoms with Crippen LogP contribution in [0.1, 0.15) is 23.0 Å². The SMILES string of the molecule is CCn1c(C(=O)Nc2cccc3c(O)cccc23)c(C)c2cc(Cl)ccc21. The van der Waals surface area contributed by atoms with E-state index in [2.05, 4.69) is 5.32 Å². The number of amides is 1. The van der Waals surface area contributed by atoms with Gasteiger partial charge >= 0.3 is 0 Å². The van der Waals surface area contributed by atoms with E-state index in [0.717, 1.165) is 21.9 Å². The van der Waals surface area contributed by atoms with Crippen molar-refractivity contribution in [2.45, 2.75) is 20.4 Å². The molecule has 5 heteroatoms. The quantitative estimate of drug-likeness (QED) is 0.478. The number of aromatic nitrogens is 1. The number of anilines is 1. The molecule has 0 aliphatic carbocycles. The van der Waals surface area contributed by atoms with E-state index in [-0.39, 0.29) is 11.7 Å². The third kappa shape index (κ3) is 2.82. The minimum atomic E-state index is -0.183. The second kappa shape index (κ2) is 6.63. The van der Waals surface area contributed by atoms with Gasteiger partial charge in [0.05, 0.1) is 0 Å². The van der Waals surface area contributed by atoms with E-state index in [1.165, 1.54) is 0 Å². The summed E-state index contributed by atoms with van der Waals surface area (Å²) >= 11 is 6.15. The van der Waals surface area contributed by atoms with Crippen molar-refractivity contribution in [3.63, 3.8) is 0 Å². The molecule has 0 spiro atoms. The molecule has 0 aliphatic rings. The Hall–Kier alpha value is -2.98. The monoisotopic (exact) mass is 378 g/mol. The third-order valence-electron chi connectivity index (χ3n) is 4.96. The van der Waals surface area contributed by atoms with Crippen molar-refractivity contribution in [1.82, 2.24) is 4.57 Å². The molecule has 0 radical (unpaired) electrons. The molecule has 0 saturated heterocycles. The molecular formula is C22H19ClN2O2. The second-order valence-corrected chi connectivity index (χ2v) is 6.95. The normalized spacial score (nSPS) is 11.2. The first-order chi connectivity index (χ1) is 13.0. The largest absolute Gasteiger partial charge is 0.507 e. The van der Waals surface area contributed by atoms with Crippen LogP contribution < -0.4 is 5.32 Å². The van der Waals surface area contributed by atoms with Crippen molar-refractivity contribution in [3.8, 4) is 5.75 Å². The van der Waals surface area contributed by atoms with Crippen molar-refractivity contribution in [2.75, 3.05) is 5.32 Å². The molecule has 4 nitrogen and oxygen atoms in total. The highest BCUT2D eigenvalue weighted by Gasteiger charge is 2.20. The maximum Gasteiger partial charge on any atom is 0.272 e. The number of benzene rings is 3. The smallest absolute Gasteiger partial charge is 0.272 e. The van der Waals surface area contributed by atoms with E-state index in [4.69, 9.17) is 11.6 Å². The number of phenols is 1. The number of fused-ring (bicyclic) bond motifs is 2. The summed E-state index contributed by atoms with van der Waals surface area (Å²) in [7, 11) is 0. The maximum atomic E-state index is 13.2. The predicted octanol–water partition coefficient (Wildman–Crippen LogP) is 5.73. The van der Waals surface area contributed by atoms with Gasteiger partial charge in [-0.2, -0.15) is 0 Å². The molecule has 4 aromatic rings. The Labute approximate surface area is 162 Å². The van der Waals surface area contributed by atoms with Gasteiger partial charge in [-0.05, 0) is 49.7 Å². The summed E-state index contributed by atoms with van der Waals surface area (Å²) in [6, 6.07) is 16.4. The van der Waals surface area contributed by atoms with Crippen LogP contribution in [0.3, 0.4) is 0 Å². The fourth-order valence-electron chi connectivity index (χ4n) is 3.70. The van der Waals surface area contributed by atoms with Gasteiger partial charge in [-0.1, -0.05) is 35.9 Å². The molecule has 27 heavy (non-hydrogen) atoms. The molecule has 1 amide bonds. The Morgan fingerprint density at radius 2 is 1.81 bits per heavy atom. The molecule has 1 heterocycles. The van der Waals surface area contributed by atoms with E-state index in [9.17, 15) is 9.90 Å². The second-order valence-electron chi connectivity index (χ2n) is 6.51. The molecule has 3 aromatic carbocycles.